The highest BCUT2D eigenvalue weighted by atomic mass is 16.5. The molecule has 5 heteroatoms. The van der Waals surface area contributed by atoms with Crippen LogP contribution in [0.25, 0.3) is 0 Å². The second kappa shape index (κ2) is 6.45. The quantitative estimate of drug-likeness (QED) is 0.835. The summed E-state index contributed by atoms with van der Waals surface area (Å²) in [5, 5.41) is 6.09. The van der Waals surface area contributed by atoms with Gasteiger partial charge in [-0.1, -0.05) is 17.7 Å². The molecule has 1 atom stereocenters. The molecule has 1 amide bonds. The average molecular weight is 292 g/mol. The Morgan fingerprint density at radius 1 is 1.48 bits per heavy atom. The van der Waals surface area contributed by atoms with E-state index >= 15 is 0 Å². The molecule has 2 rings (SSSR count). The predicted octanol–water partition coefficient (Wildman–Crippen LogP) is 1.56. The first-order valence-electron chi connectivity index (χ1n) is 7.22. The number of aryl methyl sites for hydroxylation is 1. The fraction of sp³-hybridized carbons (Fsp3) is 0.562. The van der Waals surface area contributed by atoms with Crippen molar-refractivity contribution in [2.75, 3.05) is 26.8 Å². The lowest BCUT2D eigenvalue weighted by Gasteiger charge is -2.38. The number of hydrogen-bond acceptors (Lipinski definition) is 4. The van der Waals surface area contributed by atoms with E-state index in [1.54, 1.807) is 7.11 Å². The highest BCUT2D eigenvalue weighted by Crippen LogP contribution is 2.26. The molecule has 0 aromatic heterocycles. The second-order valence-electron chi connectivity index (χ2n) is 5.88. The number of carbonyl (C=O) groups excluding carboxylic acids is 1. The lowest BCUT2D eigenvalue weighted by Crippen LogP contribution is -2.59. The zero-order valence-corrected chi connectivity index (χ0v) is 13.2. The van der Waals surface area contributed by atoms with E-state index in [1.165, 1.54) is 0 Å². The Balaban J connectivity index is 1.92. The van der Waals surface area contributed by atoms with Crippen LogP contribution in [-0.2, 0) is 9.53 Å². The summed E-state index contributed by atoms with van der Waals surface area (Å²) >= 11 is 0. The Kier molecular flexibility index (Phi) is 4.85. The van der Waals surface area contributed by atoms with E-state index in [0.29, 0.717) is 0 Å². The van der Waals surface area contributed by atoms with Gasteiger partial charge < -0.3 is 20.1 Å². The number of hydrogen-bond donors (Lipinski definition) is 2. The first-order chi connectivity index (χ1) is 9.93. The van der Waals surface area contributed by atoms with E-state index in [0.717, 1.165) is 30.0 Å². The largest absolute Gasteiger partial charge is 0.496 e. The Labute approximate surface area is 126 Å². The van der Waals surface area contributed by atoms with Gasteiger partial charge in [-0.3, -0.25) is 4.79 Å². The van der Waals surface area contributed by atoms with Crippen molar-refractivity contribution in [3.63, 3.8) is 0 Å². The first kappa shape index (κ1) is 15.8. The SMILES string of the molecule is COc1ccc(C)cc1C(C)NC(=O)COC1(C)CNC1. The molecule has 1 aromatic rings. The van der Waals surface area contributed by atoms with Gasteiger partial charge in [0.05, 0.1) is 18.8 Å². The van der Waals surface area contributed by atoms with Crippen molar-refractivity contribution >= 4 is 5.91 Å². The van der Waals surface area contributed by atoms with Crippen LogP contribution >= 0.6 is 0 Å². The lowest BCUT2D eigenvalue weighted by molar-refractivity contribution is -0.136. The molecule has 1 aliphatic heterocycles. The molecule has 0 bridgehead atoms. The molecular weight excluding hydrogens is 268 g/mol. The predicted molar refractivity (Wildman–Crippen MR) is 81.5 cm³/mol. The van der Waals surface area contributed by atoms with Crippen LogP contribution in [0.2, 0.25) is 0 Å². The summed E-state index contributed by atoms with van der Waals surface area (Å²) in [6.45, 7) is 7.64. The van der Waals surface area contributed by atoms with E-state index in [-0.39, 0.29) is 24.2 Å². The van der Waals surface area contributed by atoms with Gasteiger partial charge in [0.2, 0.25) is 5.91 Å². The summed E-state index contributed by atoms with van der Waals surface area (Å²) in [6.07, 6.45) is 0. The third kappa shape index (κ3) is 3.95. The van der Waals surface area contributed by atoms with E-state index in [1.807, 2.05) is 39.0 Å². The van der Waals surface area contributed by atoms with Crippen molar-refractivity contribution < 1.29 is 14.3 Å². The van der Waals surface area contributed by atoms with E-state index in [9.17, 15) is 4.79 Å². The zero-order chi connectivity index (χ0) is 15.5. The van der Waals surface area contributed by atoms with Gasteiger partial charge in [0.15, 0.2) is 0 Å². The monoisotopic (exact) mass is 292 g/mol. The lowest BCUT2D eigenvalue weighted by atomic mass is 10.0. The van der Waals surface area contributed by atoms with Crippen LogP contribution in [0, 0.1) is 6.92 Å². The Morgan fingerprint density at radius 3 is 2.76 bits per heavy atom. The molecule has 1 aromatic carbocycles. The average Bonchev–Trinajstić information content (AvgIpc) is 2.43. The standard InChI is InChI=1S/C16H24N2O3/c1-11-5-6-14(20-4)13(7-11)12(2)18-15(19)8-21-16(3)9-17-10-16/h5-7,12,17H,8-10H2,1-4H3,(H,18,19). The van der Waals surface area contributed by atoms with Crippen LogP contribution in [-0.4, -0.2) is 38.3 Å². The fourth-order valence-electron chi connectivity index (χ4n) is 2.37. The van der Waals surface area contributed by atoms with Crippen LogP contribution in [0.3, 0.4) is 0 Å². The van der Waals surface area contributed by atoms with Gasteiger partial charge in [-0.05, 0) is 26.8 Å². The Morgan fingerprint density at radius 2 is 2.19 bits per heavy atom. The minimum Gasteiger partial charge on any atom is -0.496 e. The van der Waals surface area contributed by atoms with Crippen molar-refractivity contribution in [2.45, 2.75) is 32.4 Å². The topological polar surface area (TPSA) is 59.6 Å². The summed E-state index contributed by atoms with van der Waals surface area (Å²) < 4.78 is 11.0. The second-order valence-corrected chi connectivity index (χ2v) is 5.88. The summed E-state index contributed by atoms with van der Waals surface area (Å²) in [4.78, 5) is 12.0. The number of amides is 1. The Hall–Kier alpha value is -1.59. The molecule has 1 fully saturated rings. The number of nitrogens with one attached hydrogen (secondary N) is 2. The smallest absolute Gasteiger partial charge is 0.246 e. The molecule has 0 saturated carbocycles. The molecule has 5 nitrogen and oxygen atoms in total. The molecule has 116 valence electrons. The van der Waals surface area contributed by atoms with Crippen LogP contribution in [0.15, 0.2) is 18.2 Å². The molecule has 1 unspecified atom stereocenters. The molecule has 0 spiro atoms. The van der Waals surface area contributed by atoms with Gasteiger partial charge in [-0.15, -0.1) is 0 Å². The molecule has 1 heterocycles. The molecule has 1 aliphatic rings. The van der Waals surface area contributed by atoms with Crippen molar-refractivity contribution in [2.24, 2.45) is 0 Å². The molecule has 21 heavy (non-hydrogen) atoms. The molecule has 0 radical (unpaired) electrons. The van der Waals surface area contributed by atoms with E-state index < -0.39 is 0 Å². The number of ether oxygens (including phenoxy) is 2. The maximum atomic E-state index is 12.0. The highest BCUT2D eigenvalue weighted by Gasteiger charge is 2.33. The van der Waals surface area contributed by atoms with Crippen molar-refractivity contribution in [1.29, 1.82) is 0 Å². The molecule has 1 saturated heterocycles. The maximum absolute atomic E-state index is 12.0. The minimum atomic E-state index is -0.207. The van der Waals surface area contributed by atoms with Gasteiger partial charge >= 0.3 is 0 Å². The molecular formula is C16H24N2O3. The van der Waals surface area contributed by atoms with Crippen molar-refractivity contribution in [1.82, 2.24) is 10.6 Å². The number of benzene rings is 1. The zero-order valence-electron chi connectivity index (χ0n) is 13.2. The molecule has 0 aliphatic carbocycles. The van der Waals surface area contributed by atoms with Gasteiger partial charge in [-0.2, -0.15) is 0 Å². The van der Waals surface area contributed by atoms with E-state index in [4.69, 9.17) is 9.47 Å². The number of rotatable bonds is 6. The van der Waals surface area contributed by atoms with Gasteiger partial charge in [-0.25, -0.2) is 0 Å². The third-order valence-electron chi connectivity index (χ3n) is 3.78. The van der Waals surface area contributed by atoms with Crippen molar-refractivity contribution in [3.05, 3.63) is 29.3 Å². The normalized spacial score (nSPS) is 17.7. The minimum absolute atomic E-state index is 0.0800. The molecule has 2 N–H and O–H groups in total. The third-order valence-corrected chi connectivity index (χ3v) is 3.78. The van der Waals surface area contributed by atoms with Gasteiger partial charge in [0.1, 0.15) is 12.4 Å². The van der Waals surface area contributed by atoms with Crippen molar-refractivity contribution in [3.8, 4) is 5.75 Å². The van der Waals surface area contributed by atoms with Crippen LogP contribution in [0.1, 0.15) is 31.0 Å². The number of carbonyl (C=O) groups is 1. The van der Waals surface area contributed by atoms with Gasteiger partial charge in [0.25, 0.3) is 0 Å². The first-order valence-corrected chi connectivity index (χ1v) is 7.22. The summed E-state index contributed by atoms with van der Waals surface area (Å²) in [7, 11) is 1.64. The summed E-state index contributed by atoms with van der Waals surface area (Å²) in [5.74, 6) is 0.670. The van der Waals surface area contributed by atoms with Crippen LogP contribution in [0.4, 0.5) is 0 Å². The maximum Gasteiger partial charge on any atom is 0.246 e. The Bertz CT molecular complexity index is 512. The number of methoxy groups -OCH3 is 1. The summed E-state index contributed by atoms with van der Waals surface area (Å²) in [6, 6.07) is 5.82. The van der Waals surface area contributed by atoms with Crippen LogP contribution in [0.5, 0.6) is 5.75 Å². The van der Waals surface area contributed by atoms with E-state index in [2.05, 4.69) is 10.6 Å². The summed E-state index contributed by atoms with van der Waals surface area (Å²) in [5.41, 5.74) is 1.90. The highest BCUT2D eigenvalue weighted by molar-refractivity contribution is 5.77. The van der Waals surface area contributed by atoms with Crippen LogP contribution < -0.4 is 15.4 Å². The fourth-order valence-corrected chi connectivity index (χ4v) is 2.37. The van der Waals surface area contributed by atoms with Gasteiger partial charge in [0, 0.05) is 18.7 Å².